The lowest BCUT2D eigenvalue weighted by Crippen LogP contribution is -2.15. The van der Waals surface area contributed by atoms with Gasteiger partial charge in [-0.25, -0.2) is 0 Å². The number of ketones is 1. The fraction of sp³-hybridized carbons (Fsp3) is 0.250. The number of rotatable bonds is 0. The largest absolute Gasteiger partial charge is 0.338 e. The van der Waals surface area contributed by atoms with Crippen molar-refractivity contribution in [3.8, 4) is 0 Å². The van der Waals surface area contributed by atoms with Gasteiger partial charge in [-0.05, 0) is 18.6 Å². The average molecular weight is 185 g/mol. The number of aromatic nitrogens is 1. The highest BCUT2D eigenvalue weighted by Gasteiger charge is 2.18. The lowest BCUT2D eigenvalue weighted by Gasteiger charge is -2.14. The van der Waals surface area contributed by atoms with Crippen LogP contribution in [-0.2, 0) is 6.54 Å². The molecule has 0 saturated heterocycles. The number of aryl methyl sites for hydroxylation is 1. The molecule has 0 amide bonds. The predicted molar refractivity (Wildman–Crippen MR) is 55.5 cm³/mol. The van der Waals surface area contributed by atoms with Crippen molar-refractivity contribution < 1.29 is 4.79 Å². The molecule has 0 spiro atoms. The number of hydrogen-bond donors (Lipinski definition) is 0. The first-order chi connectivity index (χ1) is 6.86. The highest BCUT2D eigenvalue weighted by atomic mass is 16.1. The van der Waals surface area contributed by atoms with E-state index in [1.165, 1.54) is 10.9 Å². The maximum absolute atomic E-state index is 11.6. The third kappa shape index (κ3) is 0.939. The van der Waals surface area contributed by atoms with Crippen LogP contribution in [0.4, 0.5) is 0 Å². The summed E-state index contributed by atoms with van der Waals surface area (Å²) in [5.74, 6) is 0.285. The van der Waals surface area contributed by atoms with Gasteiger partial charge in [-0.15, -0.1) is 0 Å². The smallest absolute Gasteiger partial charge is 0.179 e. The van der Waals surface area contributed by atoms with E-state index in [0.29, 0.717) is 6.42 Å². The molecule has 70 valence electrons. The minimum absolute atomic E-state index is 0.285. The highest BCUT2D eigenvalue weighted by Crippen LogP contribution is 2.24. The van der Waals surface area contributed by atoms with Crippen LogP contribution in [0, 0.1) is 0 Å². The van der Waals surface area contributed by atoms with Crippen LogP contribution in [0.3, 0.4) is 0 Å². The van der Waals surface area contributed by atoms with Crippen molar-refractivity contribution >= 4 is 16.7 Å². The van der Waals surface area contributed by atoms with Gasteiger partial charge in [0.1, 0.15) is 0 Å². The summed E-state index contributed by atoms with van der Waals surface area (Å²) >= 11 is 0. The van der Waals surface area contributed by atoms with Crippen LogP contribution in [0.1, 0.15) is 23.3 Å². The van der Waals surface area contributed by atoms with Gasteiger partial charge in [-0.3, -0.25) is 4.79 Å². The van der Waals surface area contributed by atoms with Gasteiger partial charge in [0.05, 0.1) is 5.69 Å². The summed E-state index contributed by atoms with van der Waals surface area (Å²) in [5.41, 5.74) is 2.08. The second-order valence-electron chi connectivity index (χ2n) is 3.77. The first kappa shape index (κ1) is 7.80. The molecular formula is C12H11NO. The van der Waals surface area contributed by atoms with Crippen molar-refractivity contribution in [1.82, 2.24) is 4.57 Å². The van der Waals surface area contributed by atoms with E-state index in [2.05, 4.69) is 16.7 Å². The average Bonchev–Trinajstić information content (AvgIpc) is 2.59. The second-order valence-corrected chi connectivity index (χ2v) is 3.77. The molecule has 1 aromatic heterocycles. The SMILES string of the molecule is O=C1CCCn2c1cc1ccccc12. The van der Waals surface area contributed by atoms with E-state index in [1.54, 1.807) is 0 Å². The molecule has 1 aliphatic heterocycles. The second kappa shape index (κ2) is 2.71. The molecule has 2 nitrogen and oxygen atoms in total. The van der Waals surface area contributed by atoms with Gasteiger partial charge in [-0.2, -0.15) is 0 Å². The Hall–Kier alpha value is -1.57. The number of fused-ring (bicyclic) bond motifs is 3. The van der Waals surface area contributed by atoms with E-state index in [4.69, 9.17) is 0 Å². The van der Waals surface area contributed by atoms with Crippen molar-refractivity contribution in [2.45, 2.75) is 19.4 Å². The van der Waals surface area contributed by atoms with E-state index >= 15 is 0 Å². The molecule has 2 heterocycles. The molecule has 1 aliphatic rings. The maximum atomic E-state index is 11.6. The van der Waals surface area contributed by atoms with E-state index < -0.39 is 0 Å². The Morgan fingerprint density at radius 3 is 3.00 bits per heavy atom. The Labute approximate surface area is 82.1 Å². The summed E-state index contributed by atoms with van der Waals surface area (Å²) in [6, 6.07) is 10.2. The maximum Gasteiger partial charge on any atom is 0.179 e. The summed E-state index contributed by atoms with van der Waals surface area (Å²) in [7, 11) is 0. The Bertz CT molecular complexity index is 510. The van der Waals surface area contributed by atoms with Crippen LogP contribution in [-0.4, -0.2) is 10.4 Å². The number of carbonyl (C=O) groups excluding carboxylic acids is 1. The summed E-state index contributed by atoms with van der Waals surface area (Å²) < 4.78 is 2.14. The van der Waals surface area contributed by atoms with Gasteiger partial charge >= 0.3 is 0 Å². The number of nitrogens with zero attached hydrogens (tertiary/aromatic N) is 1. The molecule has 0 bridgehead atoms. The lowest BCUT2D eigenvalue weighted by molar-refractivity contribution is 0.0956. The van der Waals surface area contributed by atoms with E-state index in [9.17, 15) is 4.79 Å². The molecule has 3 rings (SSSR count). The first-order valence-corrected chi connectivity index (χ1v) is 4.98. The zero-order chi connectivity index (χ0) is 9.54. The molecule has 0 fully saturated rings. The van der Waals surface area contributed by atoms with Gasteiger partial charge < -0.3 is 4.57 Å². The van der Waals surface area contributed by atoms with E-state index in [0.717, 1.165) is 18.7 Å². The van der Waals surface area contributed by atoms with Crippen LogP contribution in [0.15, 0.2) is 30.3 Å². The Morgan fingerprint density at radius 1 is 1.21 bits per heavy atom. The number of carbonyl (C=O) groups is 1. The number of benzene rings is 1. The molecule has 0 atom stereocenters. The molecule has 0 aliphatic carbocycles. The summed E-state index contributed by atoms with van der Waals surface area (Å²) in [6.07, 6.45) is 1.68. The molecule has 0 unspecified atom stereocenters. The van der Waals surface area contributed by atoms with Crippen LogP contribution in [0.5, 0.6) is 0 Å². The molecular weight excluding hydrogens is 174 g/mol. The summed E-state index contributed by atoms with van der Waals surface area (Å²) in [4.78, 5) is 11.6. The van der Waals surface area contributed by atoms with Gasteiger partial charge in [0, 0.05) is 23.9 Å². The van der Waals surface area contributed by atoms with Gasteiger partial charge in [0.25, 0.3) is 0 Å². The fourth-order valence-electron chi connectivity index (χ4n) is 2.21. The van der Waals surface area contributed by atoms with E-state index in [1.807, 2.05) is 18.2 Å². The molecule has 0 saturated carbocycles. The lowest BCUT2D eigenvalue weighted by atomic mass is 10.1. The van der Waals surface area contributed by atoms with Crippen molar-refractivity contribution in [2.24, 2.45) is 0 Å². The van der Waals surface area contributed by atoms with Gasteiger partial charge in [-0.1, -0.05) is 18.2 Å². The molecule has 0 N–H and O–H groups in total. The third-order valence-electron chi connectivity index (χ3n) is 2.88. The third-order valence-corrected chi connectivity index (χ3v) is 2.88. The summed E-state index contributed by atoms with van der Waals surface area (Å²) in [5, 5.41) is 1.18. The van der Waals surface area contributed by atoms with Crippen molar-refractivity contribution in [3.05, 3.63) is 36.0 Å². The van der Waals surface area contributed by atoms with Crippen LogP contribution >= 0.6 is 0 Å². The minimum atomic E-state index is 0.285. The molecule has 0 radical (unpaired) electrons. The van der Waals surface area contributed by atoms with Crippen molar-refractivity contribution in [3.63, 3.8) is 0 Å². The van der Waals surface area contributed by atoms with Gasteiger partial charge in [0.15, 0.2) is 5.78 Å². The quantitative estimate of drug-likeness (QED) is 0.618. The Kier molecular flexibility index (Phi) is 1.51. The highest BCUT2D eigenvalue weighted by molar-refractivity contribution is 6.00. The Balaban J connectivity index is 2.38. The van der Waals surface area contributed by atoms with E-state index in [-0.39, 0.29) is 5.78 Å². The first-order valence-electron chi connectivity index (χ1n) is 4.98. The van der Waals surface area contributed by atoms with Crippen molar-refractivity contribution in [1.29, 1.82) is 0 Å². The van der Waals surface area contributed by atoms with Crippen LogP contribution in [0.25, 0.3) is 10.9 Å². The normalized spacial score (nSPS) is 15.9. The van der Waals surface area contributed by atoms with Crippen LogP contribution < -0.4 is 0 Å². The number of hydrogen-bond acceptors (Lipinski definition) is 1. The number of Topliss-reactive ketones (excluding diaryl/α,β-unsaturated/α-hetero) is 1. The van der Waals surface area contributed by atoms with Crippen LogP contribution in [0.2, 0.25) is 0 Å². The summed E-state index contributed by atoms with van der Waals surface area (Å²) in [6.45, 7) is 0.981. The number of para-hydroxylation sites is 1. The standard InChI is InChI=1S/C12H11NO/c14-12-6-3-7-13-10-5-2-1-4-9(10)8-11(12)13/h1-2,4-5,8H,3,6-7H2. The monoisotopic (exact) mass is 185 g/mol. The zero-order valence-corrected chi connectivity index (χ0v) is 7.86. The minimum Gasteiger partial charge on any atom is -0.338 e. The molecule has 2 aromatic rings. The molecule has 1 aromatic carbocycles. The predicted octanol–water partition coefficient (Wildman–Crippen LogP) is 2.62. The van der Waals surface area contributed by atoms with Crippen molar-refractivity contribution in [2.75, 3.05) is 0 Å². The zero-order valence-electron chi connectivity index (χ0n) is 7.86. The molecule has 2 heteroatoms. The van der Waals surface area contributed by atoms with Gasteiger partial charge in [0.2, 0.25) is 0 Å². The Morgan fingerprint density at radius 2 is 2.07 bits per heavy atom. The topological polar surface area (TPSA) is 22.0 Å². The molecule has 14 heavy (non-hydrogen) atoms. The fourth-order valence-corrected chi connectivity index (χ4v) is 2.21.